The normalized spacial score (nSPS) is 16.8. The molecule has 9 heteroatoms. The maximum absolute atomic E-state index is 6.94. The van der Waals surface area contributed by atoms with E-state index in [-0.39, 0.29) is 11.9 Å². The third-order valence-corrected chi connectivity index (χ3v) is 5.30. The minimum atomic E-state index is 0.0232. The molecular weight excluding hydrogens is 394 g/mol. The summed E-state index contributed by atoms with van der Waals surface area (Å²) in [7, 11) is 1.66. The number of methoxy groups -OCH3 is 1. The molecule has 1 aliphatic heterocycles. The molecule has 9 nitrogen and oxygen atoms in total. The van der Waals surface area contributed by atoms with E-state index in [1.807, 2.05) is 18.2 Å². The molecule has 3 aromatic rings. The number of hydrogen-bond acceptors (Lipinski definition) is 7. The van der Waals surface area contributed by atoms with E-state index in [0.717, 1.165) is 42.3 Å². The van der Waals surface area contributed by atoms with E-state index >= 15 is 0 Å². The van der Waals surface area contributed by atoms with Crippen LogP contribution < -0.4 is 10.1 Å². The van der Waals surface area contributed by atoms with Gasteiger partial charge in [0.2, 0.25) is 0 Å². The summed E-state index contributed by atoms with van der Waals surface area (Å²) in [5.41, 5.74) is 2.81. The summed E-state index contributed by atoms with van der Waals surface area (Å²) >= 11 is 0. The number of nitrogens with zero attached hydrogens (tertiary/aromatic N) is 5. The van der Waals surface area contributed by atoms with Crippen molar-refractivity contribution in [3.05, 3.63) is 53.6 Å². The second-order valence-corrected chi connectivity index (χ2v) is 7.57. The molecule has 3 heterocycles. The minimum absolute atomic E-state index is 0.0232. The Morgan fingerprint density at radius 3 is 2.84 bits per heavy atom. The number of H-pyrrole nitrogens is 1. The van der Waals surface area contributed by atoms with Gasteiger partial charge in [-0.1, -0.05) is 12.6 Å². The highest BCUT2D eigenvalue weighted by molar-refractivity contribution is 5.71. The van der Waals surface area contributed by atoms with E-state index < -0.39 is 0 Å². The molecule has 31 heavy (non-hydrogen) atoms. The first-order valence-electron chi connectivity index (χ1n) is 10.1. The first-order valence-corrected chi connectivity index (χ1v) is 10.1. The molecule has 1 fully saturated rings. The Labute approximate surface area is 181 Å². The standard InChI is InChI=1S/C22H25N7O2/c1-14(2)29-7-8-31-19(13-29)15-5-6-16(18(9-15)30-4)17-10-20(28-27-17)26-22-12-24-21(23-3)11-25-22/h5-6,9-12,14,19H,7-8,13H2,1-2,4H3,(H2,25,26,27,28)/t19-/m0/s1. The second-order valence-electron chi connectivity index (χ2n) is 7.57. The molecule has 0 unspecified atom stereocenters. The molecule has 1 aromatic carbocycles. The van der Waals surface area contributed by atoms with Crippen LogP contribution in [0.5, 0.6) is 5.75 Å². The molecule has 0 bridgehead atoms. The number of hydrogen-bond donors (Lipinski definition) is 2. The van der Waals surface area contributed by atoms with Gasteiger partial charge in [0.1, 0.15) is 5.75 Å². The van der Waals surface area contributed by atoms with E-state index in [0.29, 0.717) is 17.7 Å². The van der Waals surface area contributed by atoms with Gasteiger partial charge >= 0.3 is 0 Å². The lowest BCUT2D eigenvalue weighted by Gasteiger charge is -2.35. The zero-order valence-electron chi connectivity index (χ0n) is 17.8. The number of rotatable bonds is 6. The van der Waals surface area contributed by atoms with Gasteiger partial charge in [0, 0.05) is 30.8 Å². The molecular formula is C22H25N7O2. The molecule has 1 saturated heterocycles. The van der Waals surface area contributed by atoms with Crippen molar-refractivity contribution in [3.63, 3.8) is 0 Å². The summed E-state index contributed by atoms with van der Waals surface area (Å²) < 4.78 is 11.7. The van der Waals surface area contributed by atoms with Crippen LogP contribution in [0.4, 0.5) is 17.5 Å². The van der Waals surface area contributed by atoms with Crippen molar-refractivity contribution in [1.29, 1.82) is 0 Å². The van der Waals surface area contributed by atoms with Crippen molar-refractivity contribution in [2.45, 2.75) is 26.0 Å². The van der Waals surface area contributed by atoms with Gasteiger partial charge in [-0.15, -0.1) is 4.98 Å². The molecule has 2 N–H and O–H groups in total. The van der Waals surface area contributed by atoms with Gasteiger partial charge in [0.25, 0.3) is 5.82 Å². The maximum atomic E-state index is 6.94. The molecule has 4 rings (SSSR count). The van der Waals surface area contributed by atoms with Crippen LogP contribution >= 0.6 is 0 Å². The highest BCUT2D eigenvalue weighted by Crippen LogP contribution is 2.34. The Morgan fingerprint density at radius 1 is 1.26 bits per heavy atom. The average Bonchev–Trinajstić information content (AvgIpc) is 3.27. The third kappa shape index (κ3) is 4.66. The molecule has 160 valence electrons. The first kappa shape index (κ1) is 20.8. The lowest BCUT2D eigenvalue weighted by molar-refractivity contribution is -0.0402. The number of benzene rings is 1. The van der Waals surface area contributed by atoms with Crippen molar-refractivity contribution >= 4 is 17.5 Å². The molecule has 0 radical (unpaired) electrons. The van der Waals surface area contributed by atoms with Crippen LogP contribution in [0.1, 0.15) is 25.5 Å². The van der Waals surface area contributed by atoms with Gasteiger partial charge in [-0.25, -0.2) is 4.98 Å². The number of aromatic nitrogens is 4. The Kier molecular flexibility index (Phi) is 6.11. The van der Waals surface area contributed by atoms with E-state index in [1.165, 1.54) is 12.4 Å². The molecule has 0 saturated carbocycles. The summed E-state index contributed by atoms with van der Waals surface area (Å²) in [6.07, 6.45) is 2.94. The fourth-order valence-corrected chi connectivity index (χ4v) is 3.57. The molecule has 0 amide bonds. The van der Waals surface area contributed by atoms with E-state index in [2.05, 4.69) is 55.1 Å². The first-order chi connectivity index (χ1) is 15.1. The zero-order chi connectivity index (χ0) is 21.8. The smallest absolute Gasteiger partial charge is 0.288 e. The molecule has 1 atom stereocenters. The van der Waals surface area contributed by atoms with E-state index in [1.54, 1.807) is 7.11 Å². The quantitative estimate of drug-likeness (QED) is 0.585. The maximum Gasteiger partial charge on any atom is 0.288 e. The van der Waals surface area contributed by atoms with Crippen LogP contribution in [0, 0.1) is 6.57 Å². The van der Waals surface area contributed by atoms with Gasteiger partial charge in [-0.3, -0.25) is 10.00 Å². The number of nitrogens with one attached hydrogen (secondary N) is 2. The predicted molar refractivity (Wildman–Crippen MR) is 118 cm³/mol. The number of ether oxygens (including phenoxy) is 2. The fourth-order valence-electron chi connectivity index (χ4n) is 3.57. The van der Waals surface area contributed by atoms with E-state index in [9.17, 15) is 0 Å². The molecule has 1 aliphatic rings. The minimum Gasteiger partial charge on any atom is -0.496 e. The van der Waals surface area contributed by atoms with Crippen LogP contribution in [0.25, 0.3) is 16.1 Å². The van der Waals surface area contributed by atoms with Gasteiger partial charge in [0.05, 0.1) is 31.7 Å². The van der Waals surface area contributed by atoms with Crippen LogP contribution in [0.2, 0.25) is 0 Å². The van der Waals surface area contributed by atoms with Crippen LogP contribution in [0.15, 0.2) is 36.7 Å². The van der Waals surface area contributed by atoms with Crippen molar-refractivity contribution in [3.8, 4) is 17.0 Å². The third-order valence-electron chi connectivity index (χ3n) is 5.30. The van der Waals surface area contributed by atoms with Crippen molar-refractivity contribution in [2.75, 3.05) is 32.1 Å². The van der Waals surface area contributed by atoms with Gasteiger partial charge in [0.15, 0.2) is 17.8 Å². The van der Waals surface area contributed by atoms with Gasteiger partial charge < -0.3 is 19.6 Å². The Bertz CT molecular complexity index is 1070. The Hall–Kier alpha value is -3.48. The topological polar surface area (TPSA) is 92.6 Å². The van der Waals surface area contributed by atoms with Crippen LogP contribution in [-0.4, -0.2) is 57.9 Å². The Balaban J connectivity index is 1.52. The summed E-state index contributed by atoms with van der Waals surface area (Å²) in [6, 6.07) is 8.50. The second kappa shape index (κ2) is 9.12. The summed E-state index contributed by atoms with van der Waals surface area (Å²) in [5, 5.41) is 10.4. The molecule has 0 spiro atoms. The average molecular weight is 419 g/mol. The highest BCUT2D eigenvalue weighted by Gasteiger charge is 2.24. The number of anilines is 2. The van der Waals surface area contributed by atoms with E-state index in [4.69, 9.17) is 16.0 Å². The number of aromatic amines is 1. The Morgan fingerprint density at radius 2 is 2.13 bits per heavy atom. The van der Waals surface area contributed by atoms with Crippen LogP contribution in [-0.2, 0) is 4.74 Å². The predicted octanol–water partition coefficient (Wildman–Crippen LogP) is 3.95. The summed E-state index contributed by atoms with van der Waals surface area (Å²) in [5.74, 6) is 2.10. The fraction of sp³-hybridized carbons (Fsp3) is 0.364. The lowest BCUT2D eigenvalue weighted by Crippen LogP contribution is -2.42. The van der Waals surface area contributed by atoms with Crippen molar-refractivity contribution in [1.82, 2.24) is 25.1 Å². The van der Waals surface area contributed by atoms with Crippen molar-refractivity contribution in [2.24, 2.45) is 0 Å². The SMILES string of the molecule is [C-]#[N+]c1cnc(Nc2cc(-c3ccc([C@@H]4CN(C(C)C)CCO4)cc3OC)[nH]n2)cn1. The monoisotopic (exact) mass is 419 g/mol. The van der Waals surface area contributed by atoms with Crippen molar-refractivity contribution < 1.29 is 9.47 Å². The zero-order valence-corrected chi connectivity index (χ0v) is 17.8. The largest absolute Gasteiger partial charge is 0.496 e. The van der Waals surface area contributed by atoms with Gasteiger partial charge in [-0.05, 0) is 31.5 Å². The highest BCUT2D eigenvalue weighted by atomic mass is 16.5. The summed E-state index contributed by atoms with van der Waals surface area (Å²) in [4.78, 5) is 13.8. The number of morpholine rings is 1. The van der Waals surface area contributed by atoms with Crippen LogP contribution in [0.3, 0.4) is 0 Å². The summed E-state index contributed by atoms with van der Waals surface area (Å²) in [6.45, 7) is 13.9. The molecule has 2 aromatic heterocycles. The van der Waals surface area contributed by atoms with Gasteiger partial charge in [-0.2, -0.15) is 5.10 Å². The molecule has 0 aliphatic carbocycles. The lowest BCUT2D eigenvalue weighted by atomic mass is 10.0.